The summed E-state index contributed by atoms with van der Waals surface area (Å²) in [5.41, 5.74) is 5.65. The standard InChI is InChI=1S/C12H17ClN4O2S/c13-7-3-11(12(14)15-6-7)20(18,19)17-10-4-8-1-2-9(5-10)16-8/h3,6,8-10,16-17H,1-2,4-5H2,(H2,14,15). The molecule has 3 rings (SSSR count). The highest BCUT2D eigenvalue weighted by atomic mass is 35.5. The Morgan fingerprint density at radius 2 is 2.00 bits per heavy atom. The number of anilines is 1. The van der Waals surface area contributed by atoms with Crippen LogP contribution in [0.3, 0.4) is 0 Å². The summed E-state index contributed by atoms with van der Waals surface area (Å²) >= 11 is 5.80. The number of nitrogens with zero attached hydrogens (tertiary/aromatic N) is 1. The Kier molecular flexibility index (Phi) is 3.62. The molecule has 2 bridgehead atoms. The van der Waals surface area contributed by atoms with Gasteiger partial charge in [-0.05, 0) is 31.7 Å². The van der Waals surface area contributed by atoms with Gasteiger partial charge in [-0.3, -0.25) is 0 Å². The van der Waals surface area contributed by atoms with Crippen molar-refractivity contribution < 1.29 is 8.42 Å². The minimum absolute atomic E-state index is 0.0289. The molecule has 20 heavy (non-hydrogen) atoms. The van der Waals surface area contributed by atoms with Gasteiger partial charge in [-0.1, -0.05) is 11.6 Å². The topological polar surface area (TPSA) is 97.1 Å². The van der Waals surface area contributed by atoms with E-state index in [1.165, 1.54) is 12.3 Å². The van der Waals surface area contributed by atoms with Crippen LogP contribution in [0.4, 0.5) is 5.82 Å². The van der Waals surface area contributed by atoms with Crippen molar-refractivity contribution in [1.82, 2.24) is 15.0 Å². The monoisotopic (exact) mass is 316 g/mol. The van der Waals surface area contributed by atoms with Crippen LogP contribution in [0.15, 0.2) is 17.2 Å². The molecule has 3 heterocycles. The van der Waals surface area contributed by atoms with E-state index in [-0.39, 0.29) is 21.8 Å². The predicted octanol–water partition coefficient (Wildman–Crippen LogP) is 0.879. The van der Waals surface area contributed by atoms with E-state index in [0.717, 1.165) is 25.7 Å². The summed E-state index contributed by atoms with van der Waals surface area (Å²) in [6.45, 7) is 0. The first-order valence-corrected chi connectivity index (χ1v) is 8.49. The number of hydrogen-bond acceptors (Lipinski definition) is 5. The van der Waals surface area contributed by atoms with Crippen molar-refractivity contribution in [2.75, 3.05) is 5.73 Å². The summed E-state index contributed by atoms with van der Waals surface area (Å²) in [5, 5.41) is 3.73. The molecule has 6 nitrogen and oxygen atoms in total. The highest BCUT2D eigenvalue weighted by Gasteiger charge is 2.35. The van der Waals surface area contributed by atoms with Gasteiger partial charge in [0.1, 0.15) is 10.7 Å². The van der Waals surface area contributed by atoms with Crippen molar-refractivity contribution in [2.24, 2.45) is 0 Å². The fourth-order valence-electron chi connectivity index (χ4n) is 3.08. The molecule has 1 aromatic heterocycles. The van der Waals surface area contributed by atoms with Gasteiger partial charge in [-0.2, -0.15) is 0 Å². The number of aromatic nitrogens is 1. The zero-order valence-corrected chi connectivity index (χ0v) is 12.4. The Morgan fingerprint density at radius 1 is 1.35 bits per heavy atom. The van der Waals surface area contributed by atoms with Crippen LogP contribution >= 0.6 is 11.6 Å². The van der Waals surface area contributed by atoms with Gasteiger partial charge in [0.05, 0.1) is 5.02 Å². The second kappa shape index (κ2) is 5.14. The molecule has 8 heteroatoms. The van der Waals surface area contributed by atoms with Crippen LogP contribution in [0.25, 0.3) is 0 Å². The summed E-state index contributed by atoms with van der Waals surface area (Å²) < 4.78 is 27.5. The van der Waals surface area contributed by atoms with E-state index in [1.54, 1.807) is 0 Å². The first-order valence-electron chi connectivity index (χ1n) is 6.63. The lowest BCUT2D eigenvalue weighted by atomic mass is 10.0. The minimum Gasteiger partial charge on any atom is -0.383 e. The maximum Gasteiger partial charge on any atom is 0.244 e. The normalized spacial score (nSPS) is 29.6. The van der Waals surface area contributed by atoms with E-state index in [2.05, 4.69) is 15.0 Å². The number of sulfonamides is 1. The van der Waals surface area contributed by atoms with Crippen molar-refractivity contribution in [3.63, 3.8) is 0 Å². The molecule has 0 radical (unpaired) electrons. The number of rotatable bonds is 3. The van der Waals surface area contributed by atoms with E-state index in [4.69, 9.17) is 17.3 Å². The number of nitrogen functional groups attached to an aromatic ring is 1. The van der Waals surface area contributed by atoms with E-state index in [9.17, 15) is 8.42 Å². The number of pyridine rings is 1. The third-order valence-corrected chi connectivity index (χ3v) is 5.69. The van der Waals surface area contributed by atoms with Crippen LogP contribution in [0.5, 0.6) is 0 Å². The van der Waals surface area contributed by atoms with Crippen molar-refractivity contribution in [3.05, 3.63) is 17.3 Å². The average molecular weight is 317 g/mol. The molecule has 2 aliphatic rings. The Bertz CT molecular complexity index is 610. The molecule has 0 aromatic carbocycles. The van der Waals surface area contributed by atoms with Crippen LogP contribution < -0.4 is 15.8 Å². The maximum absolute atomic E-state index is 12.4. The largest absolute Gasteiger partial charge is 0.383 e. The molecule has 4 N–H and O–H groups in total. The van der Waals surface area contributed by atoms with Gasteiger partial charge < -0.3 is 11.1 Å². The van der Waals surface area contributed by atoms with Gasteiger partial charge in [0, 0.05) is 24.3 Å². The molecule has 110 valence electrons. The predicted molar refractivity (Wildman–Crippen MR) is 76.9 cm³/mol. The molecule has 0 saturated carbocycles. The minimum atomic E-state index is -3.68. The Balaban J connectivity index is 1.80. The molecular formula is C12H17ClN4O2S. The molecule has 2 unspecified atom stereocenters. The van der Waals surface area contributed by atoms with Crippen molar-refractivity contribution in [1.29, 1.82) is 0 Å². The number of halogens is 1. The lowest BCUT2D eigenvalue weighted by Gasteiger charge is -2.29. The number of nitrogens with one attached hydrogen (secondary N) is 2. The van der Waals surface area contributed by atoms with E-state index < -0.39 is 10.0 Å². The number of nitrogens with two attached hydrogens (primary N) is 1. The zero-order valence-electron chi connectivity index (χ0n) is 10.8. The summed E-state index contributed by atoms with van der Waals surface area (Å²) in [5.74, 6) is -0.0289. The lowest BCUT2D eigenvalue weighted by molar-refractivity contribution is 0.345. The average Bonchev–Trinajstić information content (AvgIpc) is 2.71. The third kappa shape index (κ3) is 2.76. The van der Waals surface area contributed by atoms with Crippen LogP contribution in [0.1, 0.15) is 25.7 Å². The first-order chi connectivity index (χ1) is 9.44. The zero-order chi connectivity index (χ0) is 14.3. The highest BCUT2D eigenvalue weighted by molar-refractivity contribution is 7.89. The van der Waals surface area contributed by atoms with Gasteiger partial charge in [-0.25, -0.2) is 18.1 Å². The number of hydrogen-bond donors (Lipinski definition) is 3. The quantitative estimate of drug-likeness (QED) is 0.769. The third-order valence-electron chi connectivity index (χ3n) is 3.93. The second-order valence-corrected chi connectivity index (χ2v) is 7.58. The summed E-state index contributed by atoms with van der Waals surface area (Å²) in [6.07, 6.45) is 5.18. The fraction of sp³-hybridized carbons (Fsp3) is 0.583. The van der Waals surface area contributed by atoms with Crippen LogP contribution in [-0.2, 0) is 10.0 Å². The second-order valence-electron chi connectivity index (χ2n) is 5.46. The molecule has 0 aliphatic carbocycles. The molecule has 2 fully saturated rings. The van der Waals surface area contributed by atoms with Gasteiger partial charge in [0.25, 0.3) is 0 Å². The van der Waals surface area contributed by atoms with Crippen LogP contribution in [0, 0.1) is 0 Å². The van der Waals surface area contributed by atoms with Gasteiger partial charge in [-0.15, -0.1) is 0 Å². The number of fused-ring (bicyclic) bond motifs is 2. The summed E-state index contributed by atoms with van der Waals surface area (Å²) in [7, 11) is -3.68. The first kappa shape index (κ1) is 14.1. The van der Waals surface area contributed by atoms with Gasteiger partial charge >= 0.3 is 0 Å². The van der Waals surface area contributed by atoms with Crippen LogP contribution in [-0.4, -0.2) is 31.5 Å². The van der Waals surface area contributed by atoms with Crippen LogP contribution in [0.2, 0.25) is 5.02 Å². The Morgan fingerprint density at radius 3 is 2.65 bits per heavy atom. The van der Waals surface area contributed by atoms with Crippen molar-refractivity contribution in [3.8, 4) is 0 Å². The lowest BCUT2D eigenvalue weighted by Crippen LogP contribution is -2.48. The van der Waals surface area contributed by atoms with Crippen molar-refractivity contribution in [2.45, 2.75) is 48.7 Å². The molecule has 2 aliphatic heterocycles. The van der Waals surface area contributed by atoms with E-state index in [1.807, 2.05) is 0 Å². The van der Waals surface area contributed by atoms with Gasteiger partial charge in [0.15, 0.2) is 0 Å². The van der Waals surface area contributed by atoms with E-state index >= 15 is 0 Å². The maximum atomic E-state index is 12.4. The molecule has 0 amide bonds. The smallest absolute Gasteiger partial charge is 0.244 e. The SMILES string of the molecule is Nc1ncc(Cl)cc1S(=O)(=O)NC1CC2CCC(C1)N2. The fourth-order valence-corrected chi connectivity index (χ4v) is 4.67. The summed E-state index contributed by atoms with van der Waals surface area (Å²) in [6, 6.07) is 2.10. The highest BCUT2D eigenvalue weighted by Crippen LogP contribution is 2.28. The molecule has 2 saturated heterocycles. The number of piperidine rings is 1. The Hall–Kier alpha value is -0.890. The Labute approximate surface area is 123 Å². The summed E-state index contributed by atoms with van der Waals surface area (Å²) in [4.78, 5) is 3.75. The van der Waals surface area contributed by atoms with Crippen molar-refractivity contribution >= 4 is 27.4 Å². The molecule has 1 aromatic rings. The van der Waals surface area contributed by atoms with Gasteiger partial charge in [0.2, 0.25) is 10.0 Å². The molecular weight excluding hydrogens is 300 g/mol. The van der Waals surface area contributed by atoms with E-state index in [0.29, 0.717) is 12.1 Å². The molecule has 0 spiro atoms. The molecule has 2 atom stereocenters.